The number of carbonyl (C=O) groups is 1. The van der Waals surface area contributed by atoms with Gasteiger partial charge in [-0.3, -0.25) is 9.59 Å². The van der Waals surface area contributed by atoms with Crippen LogP contribution in [0.25, 0.3) is 0 Å². The van der Waals surface area contributed by atoms with Gasteiger partial charge in [0.05, 0.1) is 6.54 Å². The number of pyridine rings is 1. The molecule has 1 unspecified atom stereocenters. The van der Waals surface area contributed by atoms with Gasteiger partial charge in [0.15, 0.2) is 0 Å². The predicted octanol–water partition coefficient (Wildman–Crippen LogP) is 1.48. The van der Waals surface area contributed by atoms with E-state index in [1.165, 1.54) is 10.6 Å². The topological polar surface area (TPSA) is 67.2 Å². The first-order valence-corrected chi connectivity index (χ1v) is 9.60. The van der Waals surface area contributed by atoms with E-state index in [1.54, 1.807) is 35.9 Å². The minimum Gasteiger partial charge on any atom is -0.331 e. The number of hydrogen-bond acceptors (Lipinski definition) is 5. The first-order valence-electron chi connectivity index (χ1n) is 8.72. The molecule has 2 fully saturated rings. The van der Waals surface area contributed by atoms with E-state index in [0.29, 0.717) is 6.54 Å². The first-order chi connectivity index (χ1) is 12.2. The molecule has 0 bridgehead atoms. The van der Waals surface area contributed by atoms with Crippen molar-refractivity contribution in [1.29, 1.82) is 0 Å². The van der Waals surface area contributed by atoms with Gasteiger partial charge in [0.25, 0.3) is 5.56 Å². The fourth-order valence-corrected chi connectivity index (χ4v) is 4.52. The number of rotatable bonds is 5. The molecule has 6 nitrogen and oxygen atoms in total. The minimum atomic E-state index is -0.141. The molecule has 3 heterocycles. The van der Waals surface area contributed by atoms with Gasteiger partial charge in [-0.1, -0.05) is 6.07 Å². The number of carbonyl (C=O) groups excluding carboxylic acids is 1. The van der Waals surface area contributed by atoms with Gasteiger partial charge < -0.3 is 14.8 Å². The largest absolute Gasteiger partial charge is 0.331 e. The summed E-state index contributed by atoms with van der Waals surface area (Å²) in [6.45, 7) is 2.68. The van der Waals surface area contributed by atoms with Gasteiger partial charge in [-0.2, -0.15) is 0 Å². The molecule has 1 saturated carbocycles. The number of nitrogens with zero attached hydrogens (tertiary/aromatic N) is 3. The van der Waals surface area contributed by atoms with Gasteiger partial charge in [-0.25, -0.2) is 4.98 Å². The SMILES string of the molecule is O=C(Cn1ccccc1=O)N(Cc1nccs1)C1CC12CCNCC2. The maximum atomic E-state index is 13.0. The summed E-state index contributed by atoms with van der Waals surface area (Å²) < 4.78 is 1.48. The highest BCUT2D eigenvalue weighted by Gasteiger charge is 2.57. The third-order valence-corrected chi connectivity index (χ3v) is 6.20. The summed E-state index contributed by atoms with van der Waals surface area (Å²) in [6, 6.07) is 5.24. The Balaban J connectivity index is 1.54. The Bertz CT molecular complexity index is 795. The van der Waals surface area contributed by atoms with Gasteiger partial charge in [0.1, 0.15) is 11.6 Å². The molecule has 132 valence electrons. The predicted molar refractivity (Wildman–Crippen MR) is 96.3 cm³/mol. The Labute approximate surface area is 150 Å². The quantitative estimate of drug-likeness (QED) is 0.879. The fourth-order valence-electron chi connectivity index (χ4n) is 3.91. The number of hydrogen-bond donors (Lipinski definition) is 1. The average Bonchev–Trinajstić information content (AvgIpc) is 3.06. The molecular formula is C18H22N4O2S. The number of piperidine rings is 1. The van der Waals surface area contributed by atoms with E-state index in [2.05, 4.69) is 10.3 Å². The Hall–Kier alpha value is -1.99. The van der Waals surface area contributed by atoms with E-state index in [9.17, 15) is 9.59 Å². The lowest BCUT2D eigenvalue weighted by Crippen LogP contribution is -2.41. The highest BCUT2D eigenvalue weighted by atomic mass is 32.1. The zero-order valence-corrected chi connectivity index (χ0v) is 14.9. The molecule has 1 aliphatic heterocycles. The molecule has 1 saturated heterocycles. The molecule has 0 radical (unpaired) electrons. The lowest BCUT2D eigenvalue weighted by molar-refractivity contribution is -0.133. The molecule has 7 heteroatoms. The van der Waals surface area contributed by atoms with Gasteiger partial charge in [-0.05, 0) is 43.8 Å². The van der Waals surface area contributed by atoms with Crippen LogP contribution in [0, 0.1) is 5.41 Å². The standard InChI is InChI=1S/C18H22N4O2S/c23-16-3-1-2-9-21(16)13-17(24)22(12-15-20-8-10-25-15)14-11-18(14)4-6-19-7-5-18/h1-3,8-10,14,19H,4-7,11-13H2. The Morgan fingerprint density at radius 1 is 1.40 bits per heavy atom. The van der Waals surface area contributed by atoms with Crippen molar-refractivity contribution in [3.05, 3.63) is 51.3 Å². The molecule has 2 aliphatic rings. The van der Waals surface area contributed by atoms with Crippen LogP contribution in [-0.2, 0) is 17.9 Å². The lowest BCUT2D eigenvalue weighted by Gasteiger charge is -2.29. The third kappa shape index (κ3) is 3.39. The summed E-state index contributed by atoms with van der Waals surface area (Å²) in [5, 5.41) is 6.29. The van der Waals surface area contributed by atoms with Crippen molar-refractivity contribution in [2.75, 3.05) is 13.1 Å². The second kappa shape index (κ2) is 6.72. The molecule has 0 aromatic carbocycles. The zero-order valence-electron chi connectivity index (χ0n) is 14.1. The summed E-state index contributed by atoms with van der Waals surface area (Å²) in [5.41, 5.74) is 0.122. The molecule has 1 aliphatic carbocycles. The lowest BCUT2D eigenvalue weighted by atomic mass is 9.93. The van der Waals surface area contributed by atoms with Crippen molar-refractivity contribution < 1.29 is 4.79 Å². The average molecular weight is 358 g/mol. The van der Waals surface area contributed by atoms with Crippen LogP contribution in [0.4, 0.5) is 0 Å². The van der Waals surface area contributed by atoms with Crippen molar-refractivity contribution in [3.8, 4) is 0 Å². The monoisotopic (exact) mass is 358 g/mol. The molecular weight excluding hydrogens is 336 g/mol. The van der Waals surface area contributed by atoms with Crippen LogP contribution >= 0.6 is 11.3 Å². The molecule has 25 heavy (non-hydrogen) atoms. The maximum Gasteiger partial charge on any atom is 0.250 e. The number of aromatic nitrogens is 2. The van der Waals surface area contributed by atoms with Crippen molar-refractivity contribution in [3.63, 3.8) is 0 Å². The second-order valence-electron chi connectivity index (χ2n) is 6.95. The van der Waals surface area contributed by atoms with Crippen LogP contribution in [-0.4, -0.2) is 39.5 Å². The van der Waals surface area contributed by atoms with Gasteiger partial charge in [0, 0.05) is 29.9 Å². The molecule has 4 rings (SSSR count). The van der Waals surface area contributed by atoms with Crippen molar-refractivity contribution >= 4 is 17.2 Å². The normalized spacial score (nSPS) is 21.2. The van der Waals surface area contributed by atoms with E-state index in [1.807, 2.05) is 10.3 Å². The summed E-state index contributed by atoms with van der Waals surface area (Å²) >= 11 is 1.57. The molecule has 1 N–H and O–H groups in total. The van der Waals surface area contributed by atoms with Gasteiger partial charge in [-0.15, -0.1) is 11.3 Å². The van der Waals surface area contributed by atoms with E-state index in [0.717, 1.165) is 37.4 Å². The van der Waals surface area contributed by atoms with E-state index in [-0.39, 0.29) is 29.5 Å². The number of amides is 1. The summed E-state index contributed by atoms with van der Waals surface area (Å²) in [7, 11) is 0. The van der Waals surface area contributed by atoms with Crippen LogP contribution in [0.15, 0.2) is 40.8 Å². The summed E-state index contributed by atoms with van der Waals surface area (Å²) in [5.74, 6) is 0.00362. The van der Waals surface area contributed by atoms with Crippen LogP contribution in [0.3, 0.4) is 0 Å². The van der Waals surface area contributed by atoms with Crippen LogP contribution in [0.5, 0.6) is 0 Å². The Kier molecular flexibility index (Phi) is 4.43. The van der Waals surface area contributed by atoms with Gasteiger partial charge in [0.2, 0.25) is 5.91 Å². The molecule has 1 amide bonds. The van der Waals surface area contributed by atoms with Gasteiger partial charge >= 0.3 is 0 Å². The molecule has 2 aromatic rings. The van der Waals surface area contributed by atoms with E-state index < -0.39 is 0 Å². The first kappa shape index (κ1) is 16.5. The molecule has 2 aromatic heterocycles. The fraction of sp³-hybridized carbons (Fsp3) is 0.500. The molecule has 1 atom stereocenters. The Morgan fingerprint density at radius 3 is 2.96 bits per heavy atom. The van der Waals surface area contributed by atoms with E-state index in [4.69, 9.17) is 0 Å². The smallest absolute Gasteiger partial charge is 0.250 e. The maximum absolute atomic E-state index is 13.0. The minimum absolute atomic E-state index is 0.00362. The van der Waals surface area contributed by atoms with Crippen LogP contribution < -0.4 is 10.9 Å². The zero-order chi connectivity index (χ0) is 17.3. The van der Waals surface area contributed by atoms with E-state index >= 15 is 0 Å². The van der Waals surface area contributed by atoms with Crippen LogP contribution in [0.1, 0.15) is 24.3 Å². The summed E-state index contributed by atoms with van der Waals surface area (Å²) in [4.78, 5) is 31.3. The van der Waals surface area contributed by atoms with Crippen molar-refractivity contribution in [2.24, 2.45) is 5.41 Å². The van der Waals surface area contributed by atoms with Crippen LogP contribution in [0.2, 0.25) is 0 Å². The number of thiazole rings is 1. The second-order valence-corrected chi connectivity index (χ2v) is 7.93. The third-order valence-electron chi connectivity index (χ3n) is 5.44. The van der Waals surface area contributed by atoms with Crippen molar-refractivity contribution in [1.82, 2.24) is 19.8 Å². The van der Waals surface area contributed by atoms with Crippen molar-refractivity contribution in [2.45, 2.75) is 38.4 Å². The molecule has 1 spiro atoms. The highest BCUT2D eigenvalue weighted by Crippen LogP contribution is 2.56. The Morgan fingerprint density at radius 2 is 2.24 bits per heavy atom. The summed E-state index contributed by atoms with van der Waals surface area (Å²) in [6.07, 6.45) is 6.75. The highest BCUT2D eigenvalue weighted by molar-refractivity contribution is 7.09. The number of nitrogens with one attached hydrogen (secondary N) is 1.